The van der Waals surface area contributed by atoms with Crippen LogP contribution in [0.15, 0.2) is 24.4 Å². The topological polar surface area (TPSA) is 48.1 Å². The summed E-state index contributed by atoms with van der Waals surface area (Å²) in [5.74, 6) is 0. The molecular formula is C10H16N2O. The van der Waals surface area contributed by atoms with Crippen LogP contribution in [0.5, 0.6) is 0 Å². The van der Waals surface area contributed by atoms with Crippen molar-refractivity contribution in [3.63, 3.8) is 0 Å². The van der Waals surface area contributed by atoms with E-state index in [4.69, 9.17) is 10.5 Å². The van der Waals surface area contributed by atoms with Gasteiger partial charge in [0, 0.05) is 31.0 Å². The van der Waals surface area contributed by atoms with Gasteiger partial charge in [-0.3, -0.25) is 4.98 Å². The van der Waals surface area contributed by atoms with Gasteiger partial charge in [-0.2, -0.15) is 0 Å². The second kappa shape index (κ2) is 4.35. The maximum Gasteiger partial charge on any atom is 0.0643 e. The van der Waals surface area contributed by atoms with Crippen LogP contribution in [0.3, 0.4) is 0 Å². The van der Waals surface area contributed by atoms with Crippen LogP contribution >= 0.6 is 0 Å². The summed E-state index contributed by atoms with van der Waals surface area (Å²) in [7, 11) is 1.66. The molecule has 0 fully saturated rings. The van der Waals surface area contributed by atoms with E-state index < -0.39 is 0 Å². The summed E-state index contributed by atoms with van der Waals surface area (Å²) in [6, 6.07) is 5.83. The molecular weight excluding hydrogens is 164 g/mol. The van der Waals surface area contributed by atoms with E-state index in [9.17, 15) is 0 Å². The summed E-state index contributed by atoms with van der Waals surface area (Å²) in [6.07, 6.45) is 2.51. The molecule has 0 bridgehead atoms. The number of pyridine rings is 1. The number of nitrogens with two attached hydrogens (primary N) is 1. The van der Waals surface area contributed by atoms with E-state index in [-0.39, 0.29) is 5.54 Å². The SMILES string of the molecule is COCC(C)(N)Cc1ccccn1. The van der Waals surface area contributed by atoms with E-state index in [0.29, 0.717) is 6.61 Å². The maximum absolute atomic E-state index is 5.99. The molecule has 0 aromatic carbocycles. The smallest absolute Gasteiger partial charge is 0.0643 e. The van der Waals surface area contributed by atoms with Crippen molar-refractivity contribution in [2.45, 2.75) is 18.9 Å². The van der Waals surface area contributed by atoms with Gasteiger partial charge in [-0.25, -0.2) is 0 Å². The predicted octanol–water partition coefficient (Wildman–Crippen LogP) is 0.988. The molecule has 1 aromatic heterocycles. The number of hydrogen-bond donors (Lipinski definition) is 1. The number of rotatable bonds is 4. The van der Waals surface area contributed by atoms with E-state index in [1.165, 1.54) is 0 Å². The van der Waals surface area contributed by atoms with Crippen LogP contribution in [-0.2, 0) is 11.2 Å². The lowest BCUT2D eigenvalue weighted by Gasteiger charge is -2.22. The monoisotopic (exact) mass is 180 g/mol. The van der Waals surface area contributed by atoms with Crippen LogP contribution in [0.4, 0.5) is 0 Å². The molecule has 1 rings (SSSR count). The van der Waals surface area contributed by atoms with Crippen LogP contribution in [0.25, 0.3) is 0 Å². The van der Waals surface area contributed by atoms with Gasteiger partial charge in [0.05, 0.1) is 6.61 Å². The van der Waals surface area contributed by atoms with Crippen molar-refractivity contribution in [1.29, 1.82) is 0 Å². The third kappa shape index (κ3) is 3.53. The van der Waals surface area contributed by atoms with E-state index >= 15 is 0 Å². The highest BCUT2D eigenvalue weighted by atomic mass is 16.5. The van der Waals surface area contributed by atoms with Gasteiger partial charge in [-0.05, 0) is 19.1 Å². The first-order valence-corrected chi connectivity index (χ1v) is 4.32. The molecule has 3 heteroatoms. The molecule has 1 atom stereocenters. The molecule has 0 saturated carbocycles. The number of nitrogens with zero attached hydrogens (tertiary/aromatic N) is 1. The molecule has 1 unspecified atom stereocenters. The Kier molecular flexibility index (Phi) is 3.39. The Morgan fingerprint density at radius 1 is 1.54 bits per heavy atom. The Hall–Kier alpha value is -0.930. The average molecular weight is 180 g/mol. The molecule has 0 spiro atoms. The fourth-order valence-corrected chi connectivity index (χ4v) is 1.30. The Morgan fingerprint density at radius 3 is 2.85 bits per heavy atom. The molecule has 0 saturated heterocycles. The molecule has 13 heavy (non-hydrogen) atoms. The fraction of sp³-hybridized carbons (Fsp3) is 0.500. The first-order valence-electron chi connectivity index (χ1n) is 4.32. The highest BCUT2D eigenvalue weighted by Crippen LogP contribution is 2.08. The van der Waals surface area contributed by atoms with Crippen molar-refractivity contribution in [2.24, 2.45) is 5.73 Å². The lowest BCUT2D eigenvalue weighted by atomic mass is 9.98. The fourth-order valence-electron chi connectivity index (χ4n) is 1.30. The van der Waals surface area contributed by atoms with Gasteiger partial charge in [0.2, 0.25) is 0 Å². The average Bonchev–Trinajstić information content (AvgIpc) is 2.04. The summed E-state index contributed by atoms with van der Waals surface area (Å²) < 4.78 is 5.03. The second-order valence-electron chi connectivity index (χ2n) is 3.58. The highest BCUT2D eigenvalue weighted by molar-refractivity contribution is 5.07. The quantitative estimate of drug-likeness (QED) is 0.751. The summed E-state index contributed by atoms with van der Waals surface area (Å²) in [4.78, 5) is 4.21. The second-order valence-corrected chi connectivity index (χ2v) is 3.58. The molecule has 0 amide bonds. The van der Waals surface area contributed by atoms with Crippen molar-refractivity contribution >= 4 is 0 Å². The van der Waals surface area contributed by atoms with Crippen LogP contribution in [0.1, 0.15) is 12.6 Å². The van der Waals surface area contributed by atoms with Crippen molar-refractivity contribution < 1.29 is 4.74 Å². The number of hydrogen-bond acceptors (Lipinski definition) is 3. The minimum atomic E-state index is -0.330. The zero-order valence-corrected chi connectivity index (χ0v) is 8.16. The van der Waals surface area contributed by atoms with Crippen LogP contribution < -0.4 is 5.73 Å². The number of methoxy groups -OCH3 is 1. The number of ether oxygens (including phenoxy) is 1. The molecule has 72 valence electrons. The minimum absolute atomic E-state index is 0.330. The van der Waals surface area contributed by atoms with Crippen LogP contribution in [-0.4, -0.2) is 24.2 Å². The summed E-state index contributed by atoms with van der Waals surface area (Å²) in [6.45, 7) is 2.51. The Morgan fingerprint density at radius 2 is 2.31 bits per heavy atom. The molecule has 0 radical (unpaired) electrons. The molecule has 3 nitrogen and oxygen atoms in total. The number of aromatic nitrogens is 1. The molecule has 2 N–H and O–H groups in total. The van der Waals surface area contributed by atoms with Gasteiger partial charge in [0.25, 0.3) is 0 Å². The highest BCUT2D eigenvalue weighted by Gasteiger charge is 2.18. The van der Waals surface area contributed by atoms with Crippen LogP contribution in [0.2, 0.25) is 0 Å². The van der Waals surface area contributed by atoms with Crippen molar-refractivity contribution in [2.75, 3.05) is 13.7 Å². The molecule has 0 aliphatic rings. The van der Waals surface area contributed by atoms with Gasteiger partial charge in [-0.1, -0.05) is 6.07 Å². The lowest BCUT2D eigenvalue weighted by molar-refractivity contribution is 0.140. The third-order valence-electron chi connectivity index (χ3n) is 1.79. The van der Waals surface area contributed by atoms with Gasteiger partial charge < -0.3 is 10.5 Å². The van der Waals surface area contributed by atoms with E-state index in [0.717, 1.165) is 12.1 Å². The Bertz CT molecular complexity index is 246. The summed E-state index contributed by atoms with van der Waals surface area (Å²) >= 11 is 0. The largest absolute Gasteiger partial charge is 0.383 e. The Labute approximate surface area is 78.9 Å². The Balaban J connectivity index is 2.58. The van der Waals surface area contributed by atoms with Crippen molar-refractivity contribution in [3.8, 4) is 0 Å². The van der Waals surface area contributed by atoms with Gasteiger partial charge in [-0.15, -0.1) is 0 Å². The lowest BCUT2D eigenvalue weighted by Crippen LogP contribution is -2.43. The van der Waals surface area contributed by atoms with Crippen molar-refractivity contribution in [3.05, 3.63) is 30.1 Å². The van der Waals surface area contributed by atoms with E-state index in [1.807, 2.05) is 25.1 Å². The zero-order chi connectivity index (χ0) is 9.73. The first-order chi connectivity index (χ1) is 6.14. The van der Waals surface area contributed by atoms with Gasteiger partial charge >= 0.3 is 0 Å². The standard InChI is InChI=1S/C10H16N2O/c1-10(11,8-13-2)7-9-5-3-4-6-12-9/h3-6H,7-8,11H2,1-2H3. The predicted molar refractivity (Wildman–Crippen MR) is 52.4 cm³/mol. The van der Waals surface area contributed by atoms with E-state index in [1.54, 1.807) is 13.3 Å². The minimum Gasteiger partial charge on any atom is -0.383 e. The third-order valence-corrected chi connectivity index (χ3v) is 1.79. The molecule has 1 heterocycles. The van der Waals surface area contributed by atoms with Gasteiger partial charge in [0.15, 0.2) is 0 Å². The molecule has 0 aliphatic carbocycles. The van der Waals surface area contributed by atoms with E-state index in [2.05, 4.69) is 4.98 Å². The maximum atomic E-state index is 5.99. The molecule has 1 aromatic rings. The first kappa shape index (κ1) is 10.2. The summed E-state index contributed by atoms with van der Waals surface area (Å²) in [5.41, 5.74) is 6.67. The molecule has 0 aliphatic heterocycles. The van der Waals surface area contributed by atoms with Crippen molar-refractivity contribution in [1.82, 2.24) is 4.98 Å². The van der Waals surface area contributed by atoms with Gasteiger partial charge in [0.1, 0.15) is 0 Å². The summed E-state index contributed by atoms with van der Waals surface area (Å²) in [5, 5.41) is 0. The normalized spacial score (nSPS) is 15.3. The van der Waals surface area contributed by atoms with Crippen LogP contribution in [0, 0.1) is 0 Å². The zero-order valence-electron chi connectivity index (χ0n) is 8.16.